The van der Waals surface area contributed by atoms with Crippen LogP contribution in [0.15, 0.2) is 46.9 Å². The van der Waals surface area contributed by atoms with E-state index in [9.17, 15) is 0 Å². The molecule has 1 atom stereocenters. The summed E-state index contributed by atoms with van der Waals surface area (Å²) >= 11 is 3.60. The number of methoxy groups -OCH3 is 1. The molecule has 0 aliphatic carbocycles. The van der Waals surface area contributed by atoms with Gasteiger partial charge in [0.25, 0.3) is 0 Å². The summed E-state index contributed by atoms with van der Waals surface area (Å²) in [6.07, 6.45) is 0.954. The molecule has 1 aliphatic heterocycles. The second-order valence-corrected chi connectivity index (χ2v) is 5.93. The molecule has 1 unspecified atom stereocenters. The zero-order valence-corrected chi connectivity index (χ0v) is 13.5. The first-order valence-corrected chi connectivity index (χ1v) is 7.83. The molecule has 0 bridgehead atoms. The van der Waals surface area contributed by atoms with E-state index >= 15 is 0 Å². The first-order valence-electron chi connectivity index (χ1n) is 7.04. The number of fused-ring (bicyclic) bond motifs is 1. The Morgan fingerprint density at radius 3 is 2.95 bits per heavy atom. The Balaban J connectivity index is 1.90. The van der Waals surface area contributed by atoms with Gasteiger partial charge in [0.05, 0.1) is 19.3 Å². The lowest BCUT2D eigenvalue weighted by Crippen LogP contribution is -2.21. The van der Waals surface area contributed by atoms with E-state index in [1.165, 1.54) is 5.56 Å². The van der Waals surface area contributed by atoms with Crippen molar-refractivity contribution in [3.05, 3.63) is 58.1 Å². The Labute approximate surface area is 133 Å². The molecule has 2 aromatic carbocycles. The average Bonchev–Trinajstić information content (AvgIpc) is 2.51. The predicted molar refractivity (Wildman–Crippen MR) is 87.8 cm³/mol. The monoisotopic (exact) mass is 347 g/mol. The van der Waals surface area contributed by atoms with Crippen molar-refractivity contribution in [1.82, 2.24) is 0 Å². The van der Waals surface area contributed by atoms with Crippen molar-refractivity contribution in [2.45, 2.75) is 19.1 Å². The van der Waals surface area contributed by atoms with Crippen LogP contribution in [-0.2, 0) is 11.3 Å². The Hall–Kier alpha value is -1.52. The molecule has 1 N–H and O–H groups in total. The molecule has 0 spiro atoms. The highest BCUT2D eigenvalue weighted by atomic mass is 79.9. The molecule has 0 amide bonds. The fourth-order valence-electron chi connectivity index (χ4n) is 2.66. The molecule has 2 aromatic rings. The van der Waals surface area contributed by atoms with Gasteiger partial charge in [-0.1, -0.05) is 40.2 Å². The normalized spacial score (nSPS) is 17.0. The summed E-state index contributed by atoms with van der Waals surface area (Å²) in [6, 6.07) is 14.7. The summed E-state index contributed by atoms with van der Waals surface area (Å²) in [5.41, 5.74) is 3.46. The van der Waals surface area contributed by atoms with Crippen molar-refractivity contribution in [3.63, 3.8) is 0 Å². The molecule has 0 radical (unpaired) electrons. The third-order valence-electron chi connectivity index (χ3n) is 3.70. The van der Waals surface area contributed by atoms with E-state index < -0.39 is 0 Å². The summed E-state index contributed by atoms with van der Waals surface area (Å²) in [4.78, 5) is 0. The van der Waals surface area contributed by atoms with Crippen LogP contribution < -0.4 is 10.1 Å². The van der Waals surface area contributed by atoms with Gasteiger partial charge in [0, 0.05) is 34.8 Å². The Morgan fingerprint density at radius 1 is 1.24 bits per heavy atom. The van der Waals surface area contributed by atoms with E-state index in [1.807, 2.05) is 24.3 Å². The van der Waals surface area contributed by atoms with Gasteiger partial charge in [-0.2, -0.15) is 0 Å². The lowest BCUT2D eigenvalue weighted by atomic mass is 10.00. The fraction of sp³-hybridized carbons (Fsp3) is 0.294. The van der Waals surface area contributed by atoms with Crippen molar-refractivity contribution in [2.24, 2.45) is 0 Å². The SMILES string of the molecule is COCc1c(Br)cccc1NC1CCOc2ccccc21. The van der Waals surface area contributed by atoms with Crippen LogP contribution in [0.2, 0.25) is 0 Å². The fourth-order valence-corrected chi connectivity index (χ4v) is 3.15. The summed E-state index contributed by atoms with van der Waals surface area (Å²) in [6.45, 7) is 1.32. The molecule has 1 heterocycles. The summed E-state index contributed by atoms with van der Waals surface area (Å²) in [5, 5.41) is 3.64. The van der Waals surface area contributed by atoms with Gasteiger partial charge in [-0.3, -0.25) is 0 Å². The van der Waals surface area contributed by atoms with Gasteiger partial charge in [-0.15, -0.1) is 0 Å². The molecular formula is C17H18BrNO2. The standard InChI is InChI=1S/C17H18BrNO2/c1-20-11-13-14(18)6-4-7-15(13)19-16-9-10-21-17-8-3-2-5-12(16)17/h2-8,16,19H,9-11H2,1H3. The van der Waals surface area contributed by atoms with Crippen LogP contribution in [0.1, 0.15) is 23.6 Å². The highest BCUT2D eigenvalue weighted by Gasteiger charge is 2.21. The maximum atomic E-state index is 5.72. The largest absolute Gasteiger partial charge is 0.493 e. The van der Waals surface area contributed by atoms with Crippen molar-refractivity contribution >= 4 is 21.6 Å². The van der Waals surface area contributed by atoms with E-state index in [4.69, 9.17) is 9.47 Å². The van der Waals surface area contributed by atoms with Crippen LogP contribution in [0.4, 0.5) is 5.69 Å². The highest BCUT2D eigenvalue weighted by molar-refractivity contribution is 9.10. The number of ether oxygens (including phenoxy) is 2. The van der Waals surface area contributed by atoms with Crippen LogP contribution in [0.5, 0.6) is 5.75 Å². The molecule has 1 aliphatic rings. The van der Waals surface area contributed by atoms with Gasteiger partial charge < -0.3 is 14.8 Å². The van der Waals surface area contributed by atoms with Crippen LogP contribution in [0.25, 0.3) is 0 Å². The van der Waals surface area contributed by atoms with Gasteiger partial charge in [-0.25, -0.2) is 0 Å². The molecule has 21 heavy (non-hydrogen) atoms. The van der Waals surface area contributed by atoms with Crippen molar-refractivity contribution in [3.8, 4) is 5.75 Å². The molecule has 3 rings (SSSR count). The second-order valence-electron chi connectivity index (χ2n) is 5.07. The Kier molecular flexibility index (Phi) is 4.46. The molecule has 0 saturated carbocycles. The number of halogens is 1. The second kappa shape index (κ2) is 6.50. The lowest BCUT2D eigenvalue weighted by Gasteiger charge is -2.28. The van der Waals surface area contributed by atoms with Gasteiger partial charge in [0.15, 0.2) is 0 Å². The number of anilines is 1. The maximum absolute atomic E-state index is 5.72. The molecule has 4 heteroatoms. The number of hydrogen-bond donors (Lipinski definition) is 1. The summed E-state index contributed by atoms with van der Waals surface area (Å²) < 4.78 is 12.1. The topological polar surface area (TPSA) is 30.5 Å². The van der Waals surface area contributed by atoms with Crippen LogP contribution in [0, 0.1) is 0 Å². The smallest absolute Gasteiger partial charge is 0.124 e. The van der Waals surface area contributed by atoms with Gasteiger partial charge >= 0.3 is 0 Å². The Morgan fingerprint density at radius 2 is 2.10 bits per heavy atom. The highest BCUT2D eigenvalue weighted by Crippen LogP contribution is 2.36. The third-order valence-corrected chi connectivity index (χ3v) is 4.44. The quantitative estimate of drug-likeness (QED) is 0.881. The van der Waals surface area contributed by atoms with E-state index in [0.29, 0.717) is 6.61 Å². The van der Waals surface area contributed by atoms with E-state index in [-0.39, 0.29) is 6.04 Å². The van der Waals surface area contributed by atoms with E-state index in [2.05, 4.69) is 39.4 Å². The minimum Gasteiger partial charge on any atom is -0.493 e. The lowest BCUT2D eigenvalue weighted by molar-refractivity contribution is 0.184. The molecule has 0 saturated heterocycles. The van der Waals surface area contributed by atoms with Crippen molar-refractivity contribution in [2.75, 3.05) is 19.0 Å². The molecule has 110 valence electrons. The van der Waals surface area contributed by atoms with Crippen molar-refractivity contribution in [1.29, 1.82) is 0 Å². The van der Waals surface area contributed by atoms with Gasteiger partial charge in [-0.05, 0) is 18.2 Å². The van der Waals surface area contributed by atoms with Crippen LogP contribution in [0.3, 0.4) is 0 Å². The van der Waals surface area contributed by atoms with E-state index in [0.717, 1.165) is 34.5 Å². The van der Waals surface area contributed by atoms with Crippen LogP contribution >= 0.6 is 15.9 Å². The molecule has 3 nitrogen and oxygen atoms in total. The number of rotatable bonds is 4. The minimum atomic E-state index is 0.264. The molecular weight excluding hydrogens is 330 g/mol. The maximum Gasteiger partial charge on any atom is 0.124 e. The summed E-state index contributed by atoms with van der Waals surface area (Å²) in [5.74, 6) is 0.976. The molecule has 0 aromatic heterocycles. The van der Waals surface area contributed by atoms with Crippen LogP contribution in [-0.4, -0.2) is 13.7 Å². The molecule has 0 fully saturated rings. The Bertz CT molecular complexity index is 630. The average molecular weight is 348 g/mol. The summed E-state index contributed by atoms with van der Waals surface area (Å²) in [7, 11) is 1.72. The first-order chi connectivity index (χ1) is 10.3. The minimum absolute atomic E-state index is 0.264. The number of benzene rings is 2. The predicted octanol–water partition coefficient (Wildman–Crippen LogP) is 4.53. The van der Waals surface area contributed by atoms with Gasteiger partial charge in [0.1, 0.15) is 5.75 Å². The first kappa shape index (κ1) is 14.4. The zero-order chi connectivity index (χ0) is 14.7. The number of nitrogens with one attached hydrogen (secondary N) is 1. The third kappa shape index (κ3) is 3.06. The number of hydrogen-bond acceptors (Lipinski definition) is 3. The van der Waals surface area contributed by atoms with E-state index in [1.54, 1.807) is 7.11 Å². The van der Waals surface area contributed by atoms with Crippen molar-refractivity contribution < 1.29 is 9.47 Å². The zero-order valence-electron chi connectivity index (χ0n) is 11.9. The number of para-hydroxylation sites is 1. The van der Waals surface area contributed by atoms with Gasteiger partial charge in [0.2, 0.25) is 0 Å².